The van der Waals surface area contributed by atoms with Crippen LogP contribution in [0.15, 0.2) is 30.3 Å². The van der Waals surface area contributed by atoms with E-state index in [0.717, 1.165) is 35.5 Å². The number of aromatic amines is 1. The third-order valence-corrected chi connectivity index (χ3v) is 2.71. The van der Waals surface area contributed by atoms with Gasteiger partial charge in [0.15, 0.2) is 0 Å². The van der Waals surface area contributed by atoms with E-state index in [1.54, 1.807) is 0 Å². The number of aromatic nitrogens is 2. The Labute approximate surface area is 95.7 Å². The largest absolute Gasteiger partial charge is 0.395 e. The monoisotopic (exact) mass is 215 g/mol. The minimum atomic E-state index is 0.791. The van der Waals surface area contributed by atoms with Crippen molar-refractivity contribution in [3.63, 3.8) is 0 Å². The summed E-state index contributed by atoms with van der Waals surface area (Å²) in [7, 11) is 0. The Morgan fingerprint density at radius 2 is 2.00 bits per heavy atom. The molecule has 84 valence electrons. The minimum Gasteiger partial charge on any atom is -0.395 e. The van der Waals surface area contributed by atoms with Gasteiger partial charge >= 0.3 is 0 Å². The van der Waals surface area contributed by atoms with E-state index in [-0.39, 0.29) is 0 Å². The summed E-state index contributed by atoms with van der Waals surface area (Å²) in [5.74, 6) is 0. The van der Waals surface area contributed by atoms with Gasteiger partial charge in [0.05, 0.1) is 11.4 Å². The van der Waals surface area contributed by atoms with Crippen molar-refractivity contribution in [3.8, 4) is 11.3 Å². The standard InChI is InChI=1S/C13H17N3/c1-2-3-9-11-12(14)13(16-15-11)10-7-5-4-6-8-10/h4-8H,2-3,9,14H2,1H3,(H,15,16). The van der Waals surface area contributed by atoms with Crippen LogP contribution in [0.25, 0.3) is 11.3 Å². The first-order valence-electron chi connectivity index (χ1n) is 5.71. The summed E-state index contributed by atoms with van der Waals surface area (Å²) in [6.45, 7) is 2.17. The van der Waals surface area contributed by atoms with Gasteiger partial charge < -0.3 is 5.73 Å². The van der Waals surface area contributed by atoms with Crippen LogP contribution in [0.5, 0.6) is 0 Å². The number of nitrogens with one attached hydrogen (secondary N) is 1. The number of benzene rings is 1. The van der Waals surface area contributed by atoms with Crippen molar-refractivity contribution < 1.29 is 0 Å². The molecule has 0 aliphatic heterocycles. The molecule has 0 bridgehead atoms. The molecule has 2 rings (SSSR count). The predicted octanol–water partition coefficient (Wildman–Crippen LogP) is 3.00. The van der Waals surface area contributed by atoms with Crippen molar-refractivity contribution in [2.75, 3.05) is 5.73 Å². The number of unbranched alkanes of at least 4 members (excludes halogenated alkanes) is 1. The van der Waals surface area contributed by atoms with Gasteiger partial charge in [0.25, 0.3) is 0 Å². The fourth-order valence-electron chi connectivity index (χ4n) is 1.75. The Morgan fingerprint density at radius 1 is 1.25 bits per heavy atom. The van der Waals surface area contributed by atoms with Gasteiger partial charge in [-0.1, -0.05) is 43.7 Å². The molecule has 0 radical (unpaired) electrons. The molecule has 1 aromatic carbocycles. The molecule has 0 amide bonds. The van der Waals surface area contributed by atoms with Crippen molar-refractivity contribution in [2.45, 2.75) is 26.2 Å². The Bertz CT molecular complexity index is 445. The van der Waals surface area contributed by atoms with E-state index in [2.05, 4.69) is 17.1 Å². The number of hydrogen-bond donors (Lipinski definition) is 2. The van der Waals surface area contributed by atoms with E-state index in [1.165, 1.54) is 6.42 Å². The van der Waals surface area contributed by atoms with E-state index in [0.29, 0.717) is 0 Å². The molecule has 0 aliphatic rings. The maximum Gasteiger partial charge on any atom is 0.115 e. The van der Waals surface area contributed by atoms with Gasteiger partial charge in [-0.2, -0.15) is 5.10 Å². The van der Waals surface area contributed by atoms with Crippen LogP contribution in [0.1, 0.15) is 25.5 Å². The quantitative estimate of drug-likeness (QED) is 0.823. The van der Waals surface area contributed by atoms with Gasteiger partial charge in [-0.3, -0.25) is 5.10 Å². The number of anilines is 1. The van der Waals surface area contributed by atoms with Crippen LogP contribution >= 0.6 is 0 Å². The highest BCUT2D eigenvalue weighted by Gasteiger charge is 2.10. The number of rotatable bonds is 4. The average Bonchev–Trinajstić information content (AvgIpc) is 2.69. The van der Waals surface area contributed by atoms with E-state index < -0.39 is 0 Å². The van der Waals surface area contributed by atoms with Gasteiger partial charge in [0.2, 0.25) is 0 Å². The highest BCUT2D eigenvalue weighted by molar-refractivity contribution is 5.74. The highest BCUT2D eigenvalue weighted by Crippen LogP contribution is 2.26. The first-order valence-corrected chi connectivity index (χ1v) is 5.71. The second-order valence-corrected chi connectivity index (χ2v) is 3.93. The zero-order chi connectivity index (χ0) is 11.4. The van der Waals surface area contributed by atoms with Crippen LogP contribution in [0.4, 0.5) is 5.69 Å². The highest BCUT2D eigenvalue weighted by atomic mass is 15.1. The van der Waals surface area contributed by atoms with Gasteiger partial charge in [-0.25, -0.2) is 0 Å². The summed E-state index contributed by atoms with van der Waals surface area (Å²) in [5, 5.41) is 7.32. The van der Waals surface area contributed by atoms with Crippen molar-refractivity contribution in [1.29, 1.82) is 0 Å². The third kappa shape index (κ3) is 2.08. The molecule has 0 unspecified atom stereocenters. The summed E-state index contributed by atoms with van der Waals surface area (Å²) < 4.78 is 0. The first kappa shape index (κ1) is 10.7. The summed E-state index contributed by atoms with van der Waals surface area (Å²) >= 11 is 0. The van der Waals surface area contributed by atoms with Crippen LogP contribution in [-0.2, 0) is 6.42 Å². The zero-order valence-corrected chi connectivity index (χ0v) is 9.53. The molecule has 0 aliphatic carbocycles. The molecule has 2 aromatic rings. The molecule has 0 fully saturated rings. The molecule has 1 heterocycles. The number of hydrogen-bond acceptors (Lipinski definition) is 2. The van der Waals surface area contributed by atoms with Gasteiger partial charge in [-0.05, 0) is 12.8 Å². The average molecular weight is 215 g/mol. The number of aryl methyl sites for hydroxylation is 1. The van der Waals surface area contributed by atoms with Crippen LogP contribution < -0.4 is 5.73 Å². The maximum atomic E-state index is 6.08. The molecule has 0 saturated heterocycles. The predicted molar refractivity (Wildman–Crippen MR) is 67.0 cm³/mol. The van der Waals surface area contributed by atoms with Gasteiger partial charge in [0, 0.05) is 5.56 Å². The number of nitrogens with two attached hydrogens (primary N) is 1. The zero-order valence-electron chi connectivity index (χ0n) is 9.53. The van der Waals surface area contributed by atoms with Crippen LogP contribution in [0.2, 0.25) is 0 Å². The molecule has 16 heavy (non-hydrogen) atoms. The summed E-state index contributed by atoms with van der Waals surface area (Å²) in [4.78, 5) is 0. The molecule has 3 nitrogen and oxygen atoms in total. The van der Waals surface area contributed by atoms with Gasteiger partial charge in [0.1, 0.15) is 5.69 Å². The fourth-order valence-corrected chi connectivity index (χ4v) is 1.75. The smallest absolute Gasteiger partial charge is 0.115 e. The van der Waals surface area contributed by atoms with E-state index in [1.807, 2.05) is 30.3 Å². The number of H-pyrrole nitrogens is 1. The van der Waals surface area contributed by atoms with Crippen molar-refractivity contribution in [3.05, 3.63) is 36.0 Å². The Hall–Kier alpha value is -1.77. The van der Waals surface area contributed by atoms with E-state index >= 15 is 0 Å². The molecule has 0 saturated carbocycles. The lowest BCUT2D eigenvalue weighted by Gasteiger charge is -1.99. The van der Waals surface area contributed by atoms with Crippen LogP contribution in [0.3, 0.4) is 0 Å². The molecule has 1 aromatic heterocycles. The molecular formula is C13H17N3. The van der Waals surface area contributed by atoms with Gasteiger partial charge in [-0.15, -0.1) is 0 Å². The minimum absolute atomic E-state index is 0.791. The second kappa shape index (κ2) is 4.84. The second-order valence-electron chi connectivity index (χ2n) is 3.93. The van der Waals surface area contributed by atoms with E-state index in [4.69, 9.17) is 5.73 Å². The SMILES string of the molecule is CCCCc1[nH]nc(-c2ccccc2)c1N. The maximum absolute atomic E-state index is 6.08. The van der Waals surface area contributed by atoms with Crippen molar-refractivity contribution in [1.82, 2.24) is 10.2 Å². The topological polar surface area (TPSA) is 54.7 Å². The lowest BCUT2D eigenvalue weighted by molar-refractivity contribution is 0.773. The molecular weight excluding hydrogens is 198 g/mol. The summed E-state index contributed by atoms with van der Waals surface area (Å²) in [6.07, 6.45) is 3.28. The molecule has 3 N–H and O–H groups in total. The normalized spacial score (nSPS) is 10.6. The summed E-state index contributed by atoms with van der Waals surface area (Å²) in [5.41, 5.74) is 9.87. The lowest BCUT2D eigenvalue weighted by Crippen LogP contribution is -1.93. The van der Waals surface area contributed by atoms with Crippen molar-refractivity contribution >= 4 is 5.69 Å². The summed E-state index contributed by atoms with van der Waals surface area (Å²) in [6, 6.07) is 10.0. The molecule has 3 heteroatoms. The molecule has 0 atom stereocenters. The first-order chi connectivity index (χ1) is 7.83. The van der Waals surface area contributed by atoms with Crippen LogP contribution in [-0.4, -0.2) is 10.2 Å². The lowest BCUT2D eigenvalue weighted by atomic mass is 10.1. The number of nitrogens with zero attached hydrogens (tertiary/aromatic N) is 1. The Kier molecular flexibility index (Phi) is 3.25. The fraction of sp³-hybridized carbons (Fsp3) is 0.308. The Morgan fingerprint density at radius 3 is 2.69 bits per heavy atom. The molecule has 0 spiro atoms. The van der Waals surface area contributed by atoms with Crippen molar-refractivity contribution in [2.24, 2.45) is 0 Å². The third-order valence-electron chi connectivity index (χ3n) is 2.71. The van der Waals surface area contributed by atoms with Crippen LogP contribution in [0, 0.1) is 0 Å². The van der Waals surface area contributed by atoms with E-state index in [9.17, 15) is 0 Å². The Balaban J connectivity index is 2.27. The number of nitrogen functional groups attached to an aromatic ring is 1.